The number of hydrogen-bond donors (Lipinski definition) is 0. The Bertz CT molecular complexity index is 1130. The number of sulfone groups is 1. The summed E-state index contributed by atoms with van der Waals surface area (Å²) >= 11 is 5.97. The summed E-state index contributed by atoms with van der Waals surface area (Å²) < 4.78 is 49.3. The zero-order valence-corrected chi connectivity index (χ0v) is 19.2. The number of esters is 1. The maximum absolute atomic E-state index is 14.2. The smallest absolute Gasteiger partial charge is 0.344 e. The molecule has 2 aromatic rings. The van der Waals surface area contributed by atoms with Gasteiger partial charge in [0.1, 0.15) is 11.4 Å². The quantitative estimate of drug-likeness (QED) is 0.360. The van der Waals surface area contributed by atoms with Gasteiger partial charge in [0.25, 0.3) is 0 Å². The van der Waals surface area contributed by atoms with Gasteiger partial charge in [-0.1, -0.05) is 30.4 Å². The number of carbonyl (C=O) groups is 1. The molecule has 0 atom stereocenters. The second kappa shape index (κ2) is 10.1. The molecule has 0 aliphatic carbocycles. The average Bonchev–Trinajstić information content (AvgIpc) is 2.65. The van der Waals surface area contributed by atoms with Gasteiger partial charge in [-0.25, -0.2) is 22.6 Å². The second-order valence-corrected chi connectivity index (χ2v) is 10.1. The minimum Gasteiger partial charge on any atom is -0.465 e. The first kappa shape index (κ1) is 24.6. The van der Waals surface area contributed by atoms with Crippen LogP contribution < -0.4 is 4.74 Å². The number of ether oxygens (including phenoxy) is 2. The molecule has 1 aromatic carbocycles. The number of hydrogen-bond acceptors (Lipinski definition) is 6. The lowest BCUT2D eigenvalue weighted by Crippen LogP contribution is -2.27. The first-order valence-corrected chi connectivity index (χ1v) is 11.5. The zero-order valence-electron chi connectivity index (χ0n) is 17.7. The lowest BCUT2D eigenvalue weighted by Gasteiger charge is -2.19. The minimum absolute atomic E-state index is 0.00864. The summed E-state index contributed by atoms with van der Waals surface area (Å²) in [4.78, 5) is 15.9. The van der Waals surface area contributed by atoms with E-state index in [-0.39, 0.29) is 32.7 Å². The fraction of sp³-hybridized carbons (Fsp3) is 0.364. The highest BCUT2D eigenvalue weighted by molar-refractivity contribution is 7.91. The zero-order chi connectivity index (χ0) is 23.2. The standard InChI is InChI=1S/C22H23ClFNO5S/c1-5-10-31(27,28)18-8-9-19(24)15(12-18)6-7-16-11-17(23)13-25-21(16)29-14-20(26)30-22(2,3)4/h8-9,11-13H,5,10,14H2,1-4H3. The van der Waals surface area contributed by atoms with E-state index < -0.39 is 33.8 Å². The summed E-state index contributed by atoms with van der Waals surface area (Å²) in [5.74, 6) is 3.97. The number of rotatable bonds is 6. The van der Waals surface area contributed by atoms with E-state index in [2.05, 4.69) is 16.8 Å². The molecule has 0 spiro atoms. The highest BCUT2D eigenvalue weighted by atomic mass is 35.5. The van der Waals surface area contributed by atoms with Crippen LogP contribution in [0.15, 0.2) is 35.4 Å². The number of carbonyl (C=O) groups excluding carboxylic acids is 1. The van der Waals surface area contributed by atoms with Crippen LogP contribution in [-0.2, 0) is 19.4 Å². The van der Waals surface area contributed by atoms with Gasteiger partial charge >= 0.3 is 5.97 Å². The summed E-state index contributed by atoms with van der Waals surface area (Å²) in [6.07, 6.45) is 1.75. The Morgan fingerprint density at radius 2 is 1.87 bits per heavy atom. The summed E-state index contributed by atoms with van der Waals surface area (Å²) in [7, 11) is -3.52. The van der Waals surface area contributed by atoms with Gasteiger partial charge in [-0.3, -0.25) is 0 Å². The molecule has 0 amide bonds. The predicted molar refractivity (Wildman–Crippen MR) is 115 cm³/mol. The van der Waals surface area contributed by atoms with Crippen LogP contribution in [-0.4, -0.2) is 37.3 Å². The molecule has 0 aliphatic heterocycles. The van der Waals surface area contributed by atoms with Crippen molar-refractivity contribution in [1.82, 2.24) is 4.98 Å². The monoisotopic (exact) mass is 467 g/mol. The highest BCUT2D eigenvalue weighted by Crippen LogP contribution is 2.21. The molecule has 6 nitrogen and oxygen atoms in total. The fourth-order valence-corrected chi connectivity index (χ4v) is 3.95. The fourth-order valence-electron chi connectivity index (χ4n) is 2.44. The van der Waals surface area contributed by atoms with Gasteiger partial charge in [0.15, 0.2) is 16.4 Å². The van der Waals surface area contributed by atoms with Gasteiger partial charge in [0.05, 0.1) is 26.8 Å². The Morgan fingerprint density at radius 1 is 1.19 bits per heavy atom. The lowest BCUT2D eigenvalue weighted by atomic mass is 10.2. The molecule has 0 bridgehead atoms. The van der Waals surface area contributed by atoms with Crippen molar-refractivity contribution < 1.29 is 27.1 Å². The normalized spacial score (nSPS) is 11.4. The van der Waals surface area contributed by atoms with Crippen LogP contribution in [0.4, 0.5) is 4.39 Å². The van der Waals surface area contributed by atoms with E-state index >= 15 is 0 Å². The molecule has 1 heterocycles. The second-order valence-electron chi connectivity index (χ2n) is 7.59. The summed E-state index contributed by atoms with van der Waals surface area (Å²) in [6, 6.07) is 4.90. The van der Waals surface area contributed by atoms with E-state index in [1.54, 1.807) is 27.7 Å². The van der Waals surface area contributed by atoms with Gasteiger partial charge in [-0.2, -0.15) is 0 Å². The molecule has 0 unspecified atom stereocenters. The Hall–Kier alpha value is -2.63. The van der Waals surface area contributed by atoms with Crippen molar-refractivity contribution in [2.75, 3.05) is 12.4 Å². The molecule has 0 saturated carbocycles. The highest BCUT2D eigenvalue weighted by Gasteiger charge is 2.18. The molecular formula is C22H23ClFNO5S. The van der Waals surface area contributed by atoms with Crippen LogP contribution in [0.2, 0.25) is 5.02 Å². The number of aromatic nitrogens is 1. The minimum atomic E-state index is -3.52. The topological polar surface area (TPSA) is 82.6 Å². The third-order valence-corrected chi connectivity index (χ3v) is 5.79. The Morgan fingerprint density at radius 3 is 2.52 bits per heavy atom. The van der Waals surface area contributed by atoms with Crippen molar-refractivity contribution in [1.29, 1.82) is 0 Å². The van der Waals surface area contributed by atoms with E-state index in [4.69, 9.17) is 21.1 Å². The van der Waals surface area contributed by atoms with Gasteiger partial charge in [-0.15, -0.1) is 0 Å². The number of pyridine rings is 1. The number of nitrogens with zero attached hydrogens (tertiary/aromatic N) is 1. The van der Waals surface area contributed by atoms with Crippen LogP contribution in [0.5, 0.6) is 5.88 Å². The molecule has 9 heteroatoms. The summed E-state index contributed by atoms with van der Waals surface area (Å²) in [5, 5.41) is 0.258. The van der Waals surface area contributed by atoms with Crippen LogP contribution in [0, 0.1) is 17.7 Å². The third-order valence-electron chi connectivity index (χ3n) is 3.67. The van der Waals surface area contributed by atoms with Crippen LogP contribution in [0.1, 0.15) is 45.2 Å². The summed E-state index contributed by atoms with van der Waals surface area (Å²) in [5.41, 5.74) is -0.565. The van der Waals surface area contributed by atoms with Crippen molar-refractivity contribution in [3.8, 4) is 17.7 Å². The van der Waals surface area contributed by atoms with Gasteiger partial charge in [0, 0.05) is 6.20 Å². The van der Waals surface area contributed by atoms with Crippen molar-refractivity contribution in [2.24, 2.45) is 0 Å². The van der Waals surface area contributed by atoms with E-state index in [9.17, 15) is 17.6 Å². The third kappa shape index (κ3) is 7.53. The molecular weight excluding hydrogens is 445 g/mol. The van der Waals surface area contributed by atoms with Crippen molar-refractivity contribution in [2.45, 2.75) is 44.6 Å². The van der Waals surface area contributed by atoms with Crippen LogP contribution >= 0.6 is 11.6 Å². The van der Waals surface area contributed by atoms with Crippen molar-refractivity contribution in [3.05, 3.63) is 52.4 Å². The molecule has 1 aromatic heterocycles. The van der Waals surface area contributed by atoms with Gasteiger partial charge < -0.3 is 9.47 Å². The number of benzene rings is 1. The molecule has 166 valence electrons. The van der Waals surface area contributed by atoms with Gasteiger partial charge in [0.2, 0.25) is 5.88 Å². The SMILES string of the molecule is CCCS(=O)(=O)c1ccc(F)c(C#Cc2cc(Cl)cnc2OCC(=O)OC(C)(C)C)c1. The first-order valence-electron chi connectivity index (χ1n) is 9.46. The van der Waals surface area contributed by atoms with Crippen molar-refractivity contribution in [3.63, 3.8) is 0 Å². The predicted octanol–water partition coefficient (Wildman–Crippen LogP) is 4.18. The lowest BCUT2D eigenvalue weighted by molar-refractivity contribution is -0.157. The van der Waals surface area contributed by atoms with E-state index in [1.165, 1.54) is 24.4 Å². The van der Waals surface area contributed by atoms with Crippen LogP contribution in [0.3, 0.4) is 0 Å². The van der Waals surface area contributed by atoms with E-state index in [0.717, 1.165) is 6.07 Å². The van der Waals surface area contributed by atoms with Crippen molar-refractivity contribution >= 4 is 27.4 Å². The van der Waals surface area contributed by atoms with E-state index in [0.29, 0.717) is 6.42 Å². The maximum atomic E-state index is 14.2. The Kier molecular flexibility index (Phi) is 8.04. The molecule has 2 rings (SSSR count). The molecule has 31 heavy (non-hydrogen) atoms. The Labute approximate surface area is 186 Å². The number of halogens is 2. The molecule has 0 radical (unpaired) electrons. The van der Waals surface area contributed by atoms with Gasteiger partial charge in [-0.05, 0) is 51.5 Å². The molecule has 0 fully saturated rings. The average molecular weight is 468 g/mol. The molecule has 0 saturated heterocycles. The Balaban J connectivity index is 2.32. The summed E-state index contributed by atoms with van der Waals surface area (Å²) in [6.45, 7) is 6.52. The maximum Gasteiger partial charge on any atom is 0.344 e. The molecule has 0 aliphatic rings. The largest absolute Gasteiger partial charge is 0.465 e. The first-order chi connectivity index (χ1) is 14.4. The van der Waals surface area contributed by atoms with E-state index in [1.807, 2.05) is 0 Å². The van der Waals surface area contributed by atoms with Crippen LogP contribution in [0.25, 0.3) is 0 Å². The molecule has 0 N–H and O–H groups in total.